The van der Waals surface area contributed by atoms with E-state index < -0.39 is 33.4 Å². The smallest absolute Gasteiger partial charge is 0.264 e. The van der Waals surface area contributed by atoms with Crippen LogP contribution in [0.4, 0.5) is 39.5 Å². The molecular weight excluding hydrogens is 517 g/mol. The highest BCUT2D eigenvalue weighted by Gasteiger charge is 2.86. The molecule has 0 unspecified atom stereocenters. The van der Waals surface area contributed by atoms with Crippen LogP contribution in [0.25, 0.3) is 11.1 Å². The van der Waals surface area contributed by atoms with E-state index in [2.05, 4.69) is 9.44 Å². The minimum Gasteiger partial charge on any atom is -0.264 e. The highest BCUT2D eigenvalue weighted by Crippen LogP contribution is 2.55. The second kappa shape index (κ2) is 8.71. The summed E-state index contributed by atoms with van der Waals surface area (Å²) in [5.41, 5.74) is 3.31. The molecule has 0 amide bonds. The summed E-state index contributed by atoms with van der Waals surface area (Å²) in [6, 6.07) is 11.9. The van der Waals surface area contributed by atoms with Crippen LogP contribution < -0.4 is 0 Å². The van der Waals surface area contributed by atoms with E-state index in [4.69, 9.17) is 0 Å². The fourth-order valence-corrected chi connectivity index (χ4v) is 4.19. The molecule has 0 N–H and O–H groups in total. The van der Waals surface area contributed by atoms with Crippen LogP contribution in [-0.4, -0.2) is 37.4 Å². The average molecular weight is 533 g/mol. The summed E-state index contributed by atoms with van der Waals surface area (Å²) in [5.74, 6) is -14.8. The lowest BCUT2D eigenvalue weighted by atomic mass is 9.99. The number of hydrogen-bond acceptors (Lipinski definition) is 4. The van der Waals surface area contributed by atoms with Gasteiger partial charge in [0, 0.05) is 0 Å². The van der Waals surface area contributed by atoms with Gasteiger partial charge in [-0.3, -0.25) is 4.28 Å². The zero-order chi connectivity index (χ0) is 26.4. The molecule has 0 saturated heterocycles. The van der Waals surface area contributed by atoms with Crippen molar-refractivity contribution < 1.29 is 52.2 Å². The number of fused-ring (bicyclic) bond motifs is 3. The van der Waals surface area contributed by atoms with E-state index in [9.17, 15) is 47.9 Å². The van der Waals surface area contributed by atoms with Crippen molar-refractivity contribution in [3.63, 3.8) is 0 Å². The van der Waals surface area contributed by atoms with Gasteiger partial charge in [-0.1, -0.05) is 54.9 Å². The first-order valence-electron chi connectivity index (χ1n) is 9.89. The average Bonchev–Trinajstić information content (AvgIpc) is 3.13. The minimum absolute atomic E-state index is 0.123. The minimum atomic E-state index is -7.39. The van der Waals surface area contributed by atoms with Crippen molar-refractivity contribution in [2.45, 2.75) is 49.5 Å². The second-order valence-electron chi connectivity index (χ2n) is 7.69. The van der Waals surface area contributed by atoms with Crippen LogP contribution in [0.2, 0.25) is 0 Å². The summed E-state index contributed by atoms with van der Waals surface area (Å²) in [4.78, 5) is 0. The van der Waals surface area contributed by atoms with Gasteiger partial charge in [-0.2, -0.15) is 47.9 Å². The fraction of sp³-hybridized carbons (Fsp3) is 0.381. The summed E-state index contributed by atoms with van der Waals surface area (Å²) in [6.45, 7) is 1.57. The Morgan fingerprint density at radius 2 is 1.49 bits per heavy atom. The molecule has 3 rings (SSSR count). The van der Waals surface area contributed by atoms with Gasteiger partial charge in [0.05, 0.1) is 5.71 Å². The van der Waals surface area contributed by atoms with E-state index in [1.165, 1.54) is 12.1 Å². The first kappa shape index (κ1) is 26.8. The molecule has 1 aliphatic rings. The van der Waals surface area contributed by atoms with Crippen LogP contribution in [0.15, 0.2) is 47.6 Å². The van der Waals surface area contributed by atoms with E-state index in [-0.39, 0.29) is 24.1 Å². The molecule has 0 atom stereocenters. The molecule has 192 valence electrons. The number of benzene rings is 2. The maximum absolute atomic E-state index is 13.9. The molecule has 35 heavy (non-hydrogen) atoms. The number of nitrogens with zero attached hydrogens (tertiary/aromatic N) is 1. The summed E-state index contributed by atoms with van der Waals surface area (Å²) in [5, 5.41) is -4.03. The van der Waals surface area contributed by atoms with Gasteiger partial charge in [0.2, 0.25) is 0 Å². The predicted molar refractivity (Wildman–Crippen MR) is 107 cm³/mol. The molecule has 0 fully saturated rings. The summed E-state index contributed by atoms with van der Waals surface area (Å²) in [6.07, 6.45) is -6.59. The van der Waals surface area contributed by atoms with Gasteiger partial charge in [0.25, 0.3) is 0 Å². The molecule has 4 nitrogen and oxygen atoms in total. The van der Waals surface area contributed by atoms with Crippen molar-refractivity contribution in [1.82, 2.24) is 0 Å². The molecule has 0 spiro atoms. The fourth-order valence-electron chi connectivity index (χ4n) is 3.46. The van der Waals surface area contributed by atoms with Crippen LogP contribution in [0.1, 0.15) is 36.5 Å². The Labute approximate surface area is 193 Å². The standard InChI is InChI=1S/C21H16F9NO3S/c1-2-5-17(13-8-9-16-14(11-13)10-12-6-3-4-7-15(12)16)31-34-35(32,33)21(29,30)19(24,25)18(22,23)20(26,27)28/h3-4,6-9,11H,2,5,10H2,1H3. The van der Waals surface area contributed by atoms with Gasteiger partial charge in [-0.05, 0) is 46.7 Å². The Morgan fingerprint density at radius 1 is 0.886 bits per heavy atom. The number of halogens is 9. The summed E-state index contributed by atoms with van der Waals surface area (Å²) in [7, 11) is -7.09. The van der Waals surface area contributed by atoms with E-state index in [1.807, 2.05) is 24.3 Å². The summed E-state index contributed by atoms with van der Waals surface area (Å²) < 4.78 is 145. The number of hydrogen-bond donors (Lipinski definition) is 0. The molecule has 0 radical (unpaired) electrons. The van der Waals surface area contributed by atoms with E-state index in [1.54, 1.807) is 13.0 Å². The van der Waals surface area contributed by atoms with Crippen molar-refractivity contribution >= 4 is 15.8 Å². The number of rotatable bonds is 8. The van der Waals surface area contributed by atoms with E-state index >= 15 is 0 Å². The van der Waals surface area contributed by atoms with Gasteiger partial charge in [-0.15, -0.1) is 0 Å². The largest absolute Gasteiger partial charge is 0.460 e. The monoisotopic (exact) mass is 533 g/mol. The molecule has 0 saturated carbocycles. The SMILES string of the molecule is CCCC(=NOS(=O)(=O)C(F)(F)C(F)(F)C(F)(F)C(F)(F)F)c1ccc2c(c1)Cc1ccccc1-2. The van der Waals surface area contributed by atoms with Crippen molar-refractivity contribution in [3.05, 3.63) is 59.2 Å². The molecule has 2 aromatic carbocycles. The molecule has 0 heterocycles. The van der Waals surface area contributed by atoms with Gasteiger partial charge in [0.1, 0.15) is 0 Å². The molecule has 1 aliphatic carbocycles. The van der Waals surface area contributed by atoms with E-state index in [0.29, 0.717) is 6.42 Å². The molecule has 0 aliphatic heterocycles. The van der Waals surface area contributed by atoms with Crippen molar-refractivity contribution in [2.24, 2.45) is 5.16 Å². The topological polar surface area (TPSA) is 55.7 Å². The Morgan fingerprint density at radius 3 is 2.09 bits per heavy atom. The Hall–Kier alpha value is -2.77. The maximum Gasteiger partial charge on any atom is 0.460 e. The normalized spacial score (nSPS) is 15.1. The van der Waals surface area contributed by atoms with Gasteiger partial charge >= 0.3 is 33.4 Å². The Bertz CT molecular complexity index is 1250. The lowest BCUT2D eigenvalue weighted by Crippen LogP contribution is -2.63. The third-order valence-corrected chi connectivity index (χ3v) is 6.44. The van der Waals surface area contributed by atoms with Crippen molar-refractivity contribution in [3.8, 4) is 11.1 Å². The Kier molecular flexibility index (Phi) is 6.68. The van der Waals surface area contributed by atoms with Crippen LogP contribution in [0.5, 0.6) is 0 Å². The maximum atomic E-state index is 13.9. The number of oxime groups is 1. The first-order chi connectivity index (χ1) is 16.0. The lowest BCUT2D eigenvalue weighted by Gasteiger charge is -2.31. The quantitative estimate of drug-likeness (QED) is 0.188. The molecule has 14 heteroatoms. The predicted octanol–water partition coefficient (Wildman–Crippen LogP) is 6.53. The van der Waals surface area contributed by atoms with Crippen LogP contribution in [-0.2, 0) is 20.8 Å². The van der Waals surface area contributed by atoms with Crippen LogP contribution in [0, 0.1) is 0 Å². The highest BCUT2D eigenvalue weighted by molar-refractivity contribution is 7.87. The van der Waals surface area contributed by atoms with Gasteiger partial charge in [-0.25, -0.2) is 0 Å². The zero-order valence-corrected chi connectivity index (χ0v) is 18.5. The molecule has 2 aromatic rings. The summed E-state index contributed by atoms with van der Waals surface area (Å²) >= 11 is 0. The van der Waals surface area contributed by atoms with Gasteiger partial charge in [0.15, 0.2) is 0 Å². The third-order valence-electron chi connectivity index (χ3n) is 5.29. The van der Waals surface area contributed by atoms with Gasteiger partial charge < -0.3 is 0 Å². The van der Waals surface area contributed by atoms with Crippen LogP contribution in [0.3, 0.4) is 0 Å². The lowest BCUT2D eigenvalue weighted by molar-refractivity contribution is -0.382. The Balaban J connectivity index is 1.94. The number of alkyl halides is 9. The van der Waals surface area contributed by atoms with Crippen molar-refractivity contribution in [1.29, 1.82) is 0 Å². The zero-order valence-electron chi connectivity index (χ0n) is 17.6. The highest BCUT2D eigenvalue weighted by atomic mass is 32.2. The second-order valence-corrected chi connectivity index (χ2v) is 9.26. The van der Waals surface area contributed by atoms with Crippen molar-refractivity contribution in [2.75, 3.05) is 0 Å². The molecule has 0 aromatic heterocycles. The van der Waals surface area contributed by atoms with Crippen LogP contribution >= 0.6 is 0 Å². The third kappa shape index (κ3) is 4.36. The molecule has 0 bridgehead atoms. The van der Waals surface area contributed by atoms with E-state index in [0.717, 1.165) is 22.3 Å². The molecular formula is C21H16F9NO3S. The first-order valence-corrected chi connectivity index (χ1v) is 11.3.